The van der Waals surface area contributed by atoms with Crippen LogP contribution in [-0.4, -0.2) is 21.4 Å². The van der Waals surface area contributed by atoms with Crippen LogP contribution >= 0.6 is 0 Å². The highest BCUT2D eigenvalue weighted by molar-refractivity contribution is 7.93. The summed E-state index contributed by atoms with van der Waals surface area (Å²) in [6.07, 6.45) is 4.48. The van der Waals surface area contributed by atoms with Crippen molar-refractivity contribution in [1.82, 2.24) is 4.98 Å². The van der Waals surface area contributed by atoms with Crippen LogP contribution in [0.2, 0.25) is 0 Å². The second-order valence-electron chi connectivity index (χ2n) is 3.75. The molecule has 1 aromatic heterocycles. The van der Waals surface area contributed by atoms with Crippen molar-refractivity contribution in [2.45, 2.75) is 4.90 Å². The summed E-state index contributed by atoms with van der Waals surface area (Å²) in [7, 11) is -2.74. The Hall–Kier alpha value is -2.01. The van der Waals surface area contributed by atoms with Gasteiger partial charge in [0.1, 0.15) is 0 Å². The summed E-state index contributed by atoms with van der Waals surface area (Å²) in [5.41, 5.74) is 0.427. The fraction of sp³-hybridized carbons (Fsp3) is 0.0769. The van der Waals surface area contributed by atoms with E-state index in [2.05, 4.69) is 9.35 Å². The lowest BCUT2D eigenvalue weighted by Gasteiger charge is -2.02. The average Bonchev–Trinajstić information content (AvgIpc) is 2.40. The number of hydrogen-bond acceptors (Lipinski definition) is 3. The van der Waals surface area contributed by atoms with E-state index in [9.17, 15) is 9.00 Å². The van der Waals surface area contributed by atoms with Gasteiger partial charge in [0.2, 0.25) is 0 Å². The van der Waals surface area contributed by atoms with Gasteiger partial charge in [0.05, 0.1) is 14.6 Å². The lowest BCUT2D eigenvalue weighted by atomic mass is 10.2. The molecule has 2 rings (SSSR count). The van der Waals surface area contributed by atoms with Gasteiger partial charge in [0.25, 0.3) is 5.91 Å². The fourth-order valence-electron chi connectivity index (χ4n) is 1.42. The molecule has 0 fully saturated rings. The van der Waals surface area contributed by atoms with Crippen LogP contribution in [0.1, 0.15) is 10.4 Å². The first-order valence-corrected chi connectivity index (χ1v) is 7.23. The highest BCUT2D eigenvalue weighted by Crippen LogP contribution is 2.11. The van der Waals surface area contributed by atoms with E-state index in [1.165, 1.54) is 12.5 Å². The van der Waals surface area contributed by atoms with Gasteiger partial charge in [-0.05, 0) is 24.3 Å². The van der Waals surface area contributed by atoms with Crippen LogP contribution in [-0.2, 0) is 9.73 Å². The largest absolute Gasteiger partial charge is 0.285 e. The Balaban J connectivity index is 2.40. The van der Waals surface area contributed by atoms with Gasteiger partial charge < -0.3 is 0 Å². The Labute approximate surface area is 106 Å². The normalized spacial score (nSPS) is 13.6. The highest BCUT2D eigenvalue weighted by atomic mass is 32.2. The average molecular weight is 260 g/mol. The van der Waals surface area contributed by atoms with Crippen molar-refractivity contribution < 1.29 is 9.00 Å². The zero-order valence-electron chi connectivity index (χ0n) is 9.82. The fourth-order valence-corrected chi connectivity index (χ4v) is 2.53. The summed E-state index contributed by atoms with van der Waals surface area (Å²) in [6, 6.07) is 11.9. The van der Waals surface area contributed by atoms with Crippen molar-refractivity contribution in [3.05, 3.63) is 60.4 Å². The van der Waals surface area contributed by atoms with E-state index < -0.39 is 15.6 Å². The summed E-state index contributed by atoms with van der Waals surface area (Å²) >= 11 is 0. The second-order valence-corrected chi connectivity index (χ2v) is 6.01. The molecule has 0 saturated carbocycles. The number of nitrogens with zero attached hydrogens (tertiary/aromatic N) is 2. The molecule has 0 saturated heterocycles. The van der Waals surface area contributed by atoms with Gasteiger partial charge in [-0.1, -0.05) is 18.2 Å². The molecule has 0 spiro atoms. The van der Waals surface area contributed by atoms with Crippen LogP contribution in [0.4, 0.5) is 0 Å². The molecule has 92 valence electrons. The first-order chi connectivity index (χ1) is 8.59. The van der Waals surface area contributed by atoms with Gasteiger partial charge in [-0.25, -0.2) is 4.21 Å². The van der Waals surface area contributed by atoms with Crippen LogP contribution in [0, 0.1) is 0 Å². The molecular weight excluding hydrogens is 248 g/mol. The Morgan fingerprint density at radius 1 is 1.17 bits per heavy atom. The molecule has 2 aromatic rings. The molecule has 0 aliphatic heterocycles. The van der Waals surface area contributed by atoms with E-state index in [-0.39, 0.29) is 0 Å². The number of carbonyl (C=O) groups is 1. The molecule has 0 radical (unpaired) electrons. The van der Waals surface area contributed by atoms with Crippen molar-refractivity contribution in [3.8, 4) is 0 Å². The molecule has 0 aliphatic rings. The van der Waals surface area contributed by atoms with E-state index in [4.69, 9.17) is 0 Å². The number of pyridine rings is 1. The minimum atomic E-state index is -2.74. The Bertz CT molecular complexity index is 660. The molecule has 0 bridgehead atoms. The number of rotatable bonds is 2. The number of carbonyl (C=O) groups excluding carboxylic acids is 1. The zero-order valence-corrected chi connectivity index (χ0v) is 10.6. The topological polar surface area (TPSA) is 59.4 Å². The molecule has 18 heavy (non-hydrogen) atoms. The smallest absolute Gasteiger partial charge is 0.266 e. The molecule has 1 heterocycles. The third-order valence-corrected chi connectivity index (χ3v) is 3.98. The van der Waals surface area contributed by atoms with Gasteiger partial charge in [-0.3, -0.25) is 9.78 Å². The Morgan fingerprint density at radius 2 is 1.89 bits per heavy atom. The summed E-state index contributed by atoms with van der Waals surface area (Å²) < 4.78 is 16.1. The van der Waals surface area contributed by atoms with E-state index in [1.807, 2.05) is 0 Å². The van der Waals surface area contributed by atoms with E-state index in [0.717, 1.165) is 0 Å². The molecule has 0 N–H and O–H groups in total. The molecular formula is C13H12N2O2S. The van der Waals surface area contributed by atoms with Crippen LogP contribution in [0.25, 0.3) is 0 Å². The standard InChI is InChI=1S/C13H12N2O2S/c1-18(17,12-8-5-9-14-10-12)15-13(16)11-6-3-2-4-7-11/h2-10H,1H3. The lowest BCUT2D eigenvalue weighted by molar-refractivity contribution is 0.100. The summed E-state index contributed by atoms with van der Waals surface area (Å²) in [4.78, 5) is 16.2. The van der Waals surface area contributed by atoms with Crippen LogP contribution in [0.3, 0.4) is 0 Å². The maximum Gasteiger partial charge on any atom is 0.285 e. The number of hydrogen-bond donors (Lipinski definition) is 0. The van der Waals surface area contributed by atoms with Crippen molar-refractivity contribution in [2.75, 3.05) is 6.26 Å². The number of aromatic nitrogens is 1. The summed E-state index contributed by atoms with van der Waals surface area (Å²) in [6.45, 7) is 0. The van der Waals surface area contributed by atoms with Gasteiger partial charge in [-0.2, -0.15) is 4.36 Å². The van der Waals surface area contributed by atoms with Gasteiger partial charge >= 0.3 is 0 Å². The van der Waals surface area contributed by atoms with E-state index in [1.54, 1.807) is 48.7 Å². The molecule has 5 heteroatoms. The van der Waals surface area contributed by atoms with Gasteiger partial charge in [-0.15, -0.1) is 0 Å². The van der Waals surface area contributed by atoms with Crippen LogP contribution in [0.5, 0.6) is 0 Å². The number of amides is 1. The number of benzene rings is 1. The minimum Gasteiger partial charge on any atom is -0.266 e. The van der Waals surface area contributed by atoms with E-state index >= 15 is 0 Å². The quantitative estimate of drug-likeness (QED) is 0.833. The third-order valence-electron chi connectivity index (χ3n) is 2.35. The molecule has 1 unspecified atom stereocenters. The predicted octanol–water partition coefficient (Wildman–Crippen LogP) is 2.38. The molecule has 1 atom stereocenters. The Kier molecular flexibility index (Phi) is 3.53. The monoisotopic (exact) mass is 260 g/mol. The van der Waals surface area contributed by atoms with E-state index in [0.29, 0.717) is 10.5 Å². The predicted molar refractivity (Wildman–Crippen MR) is 69.8 cm³/mol. The molecule has 1 amide bonds. The van der Waals surface area contributed by atoms with Crippen molar-refractivity contribution in [2.24, 2.45) is 4.36 Å². The van der Waals surface area contributed by atoms with Crippen molar-refractivity contribution >= 4 is 15.6 Å². The Morgan fingerprint density at radius 3 is 2.50 bits per heavy atom. The summed E-state index contributed by atoms with van der Waals surface area (Å²) in [5.74, 6) is -0.480. The first kappa shape index (κ1) is 12.4. The molecule has 0 aliphatic carbocycles. The zero-order chi connectivity index (χ0) is 13.0. The third kappa shape index (κ3) is 2.81. The first-order valence-electron chi connectivity index (χ1n) is 5.31. The molecule has 1 aromatic carbocycles. The summed E-state index contributed by atoms with van der Waals surface area (Å²) in [5, 5.41) is 0. The second kappa shape index (κ2) is 5.10. The maximum atomic E-state index is 12.3. The van der Waals surface area contributed by atoms with Crippen LogP contribution < -0.4 is 0 Å². The van der Waals surface area contributed by atoms with Crippen LogP contribution in [0.15, 0.2) is 64.1 Å². The lowest BCUT2D eigenvalue weighted by Crippen LogP contribution is -2.04. The van der Waals surface area contributed by atoms with Gasteiger partial charge in [0.15, 0.2) is 0 Å². The van der Waals surface area contributed by atoms with Crippen molar-refractivity contribution in [1.29, 1.82) is 0 Å². The highest BCUT2D eigenvalue weighted by Gasteiger charge is 2.10. The maximum absolute atomic E-state index is 12.3. The molecule has 4 nitrogen and oxygen atoms in total. The minimum absolute atomic E-state index is 0.427. The SMILES string of the molecule is CS(=O)(=NC(=O)c1ccccc1)c1cccnc1. The van der Waals surface area contributed by atoms with Gasteiger partial charge in [0, 0.05) is 24.2 Å². The van der Waals surface area contributed by atoms with Crippen molar-refractivity contribution in [3.63, 3.8) is 0 Å².